The van der Waals surface area contributed by atoms with E-state index >= 15 is 0 Å². The van der Waals surface area contributed by atoms with Crippen LogP contribution in [0.4, 0.5) is 0 Å². The minimum atomic E-state index is -1.10. The molecule has 1 N–H and O–H groups in total. The number of methoxy groups -OCH3 is 1. The van der Waals surface area contributed by atoms with Gasteiger partial charge in [-0.15, -0.1) is 0 Å². The van der Waals surface area contributed by atoms with Gasteiger partial charge in [-0.1, -0.05) is 0 Å². The highest BCUT2D eigenvalue weighted by atomic mass is 16.5. The van der Waals surface area contributed by atoms with E-state index in [2.05, 4.69) is 5.16 Å². The minimum Gasteiger partial charge on any atom is -0.480 e. The predicted molar refractivity (Wildman–Crippen MR) is 52.2 cm³/mol. The molecule has 0 saturated carbocycles. The Labute approximate surface area is 91.6 Å². The largest absolute Gasteiger partial charge is 0.480 e. The van der Waals surface area contributed by atoms with Crippen molar-refractivity contribution in [1.82, 2.24) is 10.1 Å². The number of amides is 1. The number of carbonyl (C=O) groups excluding carboxylic acids is 1. The number of hydrogen-bond acceptors (Lipinski definition) is 5. The molecule has 0 aliphatic carbocycles. The predicted octanol–water partition coefficient (Wildman–Crippen LogP) is 0.228. The van der Waals surface area contributed by atoms with E-state index in [4.69, 9.17) is 14.4 Å². The summed E-state index contributed by atoms with van der Waals surface area (Å²) in [6.45, 7) is 1.40. The molecule has 0 radical (unpaired) electrons. The van der Waals surface area contributed by atoms with Gasteiger partial charge in [-0.2, -0.15) is 0 Å². The summed E-state index contributed by atoms with van der Waals surface area (Å²) in [4.78, 5) is 23.4. The van der Waals surface area contributed by atoms with Crippen LogP contribution in [-0.4, -0.2) is 47.2 Å². The Balaban J connectivity index is 2.81. The molecule has 1 atom stereocenters. The van der Waals surface area contributed by atoms with Gasteiger partial charge in [0.1, 0.15) is 6.04 Å². The Bertz CT molecular complexity index is 400. The lowest BCUT2D eigenvalue weighted by Crippen LogP contribution is -2.40. The Morgan fingerprint density at radius 2 is 2.25 bits per heavy atom. The first-order valence-corrected chi connectivity index (χ1v) is 4.48. The number of aromatic nitrogens is 1. The van der Waals surface area contributed by atoms with Gasteiger partial charge in [0.05, 0.1) is 13.2 Å². The highest BCUT2D eigenvalue weighted by Gasteiger charge is 2.25. The fourth-order valence-electron chi connectivity index (χ4n) is 0.971. The van der Waals surface area contributed by atoms with Crippen molar-refractivity contribution >= 4 is 11.9 Å². The van der Waals surface area contributed by atoms with Crippen LogP contribution in [0.15, 0.2) is 10.6 Å². The second kappa shape index (κ2) is 4.65. The van der Waals surface area contributed by atoms with Gasteiger partial charge < -0.3 is 19.3 Å². The van der Waals surface area contributed by atoms with Crippen molar-refractivity contribution in [3.8, 4) is 5.88 Å². The van der Waals surface area contributed by atoms with Gasteiger partial charge in [0.2, 0.25) is 5.76 Å². The molecular weight excluding hydrogens is 216 g/mol. The molecule has 1 unspecified atom stereocenters. The number of carbonyl (C=O) groups is 2. The van der Waals surface area contributed by atoms with Crippen LogP contribution in [0.25, 0.3) is 0 Å². The summed E-state index contributed by atoms with van der Waals surface area (Å²) in [5.41, 5.74) is 0. The standard InChI is InChI=1S/C9H12N2O5/c1-5(9(13)14)11(2)8(12)6-4-7(15-3)10-16-6/h4-5H,1-3H3,(H,13,14). The maximum absolute atomic E-state index is 11.7. The Morgan fingerprint density at radius 3 is 2.69 bits per heavy atom. The van der Waals surface area contributed by atoms with E-state index in [1.807, 2.05) is 0 Å². The second-order valence-electron chi connectivity index (χ2n) is 3.16. The summed E-state index contributed by atoms with van der Waals surface area (Å²) in [7, 11) is 2.76. The molecule has 0 aliphatic heterocycles. The number of carboxylic acids is 1. The average Bonchev–Trinajstić information content (AvgIpc) is 2.74. The Kier molecular flexibility index (Phi) is 3.49. The summed E-state index contributed by atoms with van der Waals surface area (Å²) < 4.78 is 9.45. The summed E-state index contributed by atoms with van der Waals surface area (Å²) in [6, 6.07) is 0.358. The second-order valence-corrected chi connectivity index (χ2v) is 3.16. The maximum Gasteiger partial charge on any atom is 0.326 e. The molecule has 16 heavy (non-hydrogen) atoms. The topological polar surface area (TPSA) is 92.9 Å². The first kappa shape index (κ1) is 12.0. The molecular formula is C9H12N2O5. The van der Waals surface area contributed by atoms with E-state index in [1.54, 1.807) is 0 Å². The molecule has 0 saturated heterocycles. The lowest BCUT2D eigenvalue weighted by atomic mass is 10.3. The third-order valence-corrected chi connectivity index (χ3v) is 2.17. The number of rotatable bonds is 4. The molecule has 0 bridgehead atoms. The minimum absolute atomic E-state index is 0.0625. The Morgan fingerprint density at radius 1 is 1.62 bits per heavy atom. The van der Waals surface area contributed by atoms with Gasteiger partial charge in [-0.3, -0.25) is 4.79 Å². The summed E-state index contributed by atoms with van der Waals surface area (Å²) >= 11 is 0. The highest BCUT2D eigenvalue weighted by molar-refractivity contribution is 5.94. The van der Waals surface area contributed by atoms with Gasteiger partial charge in [-0.25, -0.2) is 4.79 Å². The number of likely N-dealkylation sites (N-methyl/N-ethyl adjacent to an activating group) is 1. The van der Waals surface area contributed by atoms with Crippen molar-refractivity contribution in [1.29, 1.82) is 0 Å². The number of hydrogen-bond donors (Lipinski definition) is 1. The quantitative estimate of drug-likeness (QED) is 0.792. The fourth-order valence-corrected chi connectivity index (χ4v) is 0.971. The van der Waals surface area contributed by atoms with Crippen LogP contribution in [0, 0.1) is 0 Å². The van der Waals surface area contributed by atoms with E-state index < -0.39 is 17.9 Å². The van der Waals surface area contributed by atoms with Gasteiger partial charge in [0.25, 0.3) is 11.8 Å². The van der Waals surface area contributed by atoms with Gasteiger partial charge in [0, 0.05) is 7.05 Å². The van der Waals surface area contributed by atoms with Crippen LogP contribution in [0.3, 0.4) is 0 Å². The van der Waals surface area contributed by atoms with Crippen LogP contribution < -0.4 is 4.74 Å². The molecule has 1 aromatic heterocycles. The third-order valence-electron chi connectivity index (χ3n) is 2.17. The van der Waals surface area contributed by atoms with Crippen LogP contribution in [0.2, 0.25) is 0 Å². The molecule has 0 fully saturated rings. The lowest BCUT2D eigenvalue weighted by Gasteiger charge is -2.19. The summed E-state index contributed by atoms with van der Waals surface area (Å²) in [5.74, 6) is -1.56. The van der Waals surface area contributed by atoms with E-state index in [-0.39, 0.29) is 11.6 Å². The van der Waals surface area contributed by atoms with E-state index in [9.17, 15) is 9.59 Å². The zero-order valence-electron chi connectivity index (χ0n) is 9.13. The zero-order valence-corrected chi connectivity index (χ0v) is 9.13. The van der Waals surface area contributed by atoms with Crippen LogP contribution in [-0.2, 0) is 4.79 Å². The monoisotopic (exact) mass is 228 g/mol. The smallest absolute Gasteiger partial charge is 0.326 e. The SMILES string of the molecule is COc1cc(C(=O)N(C)C(C)C(=O)O)on1. The number of carboxylic acid groups (broad SMARTS) is 1. The molecule has 7 nitrogen and oxygen atoms in total. The molecule has 7 heteroatoms. The normalized spacial score (nSPS) is 11.9. The highest BCUT2D eigenvalue weighted by Crippen LogP contribution is 2.13. The number of nitrogens with zero attached hydrogens (tertiary/aromatic N) is 2. The lowest BCUT2D eigenvalue weighted by molar-refractivity contribution is -0.141. The van der Waals surface area contributed by atoms with Gasteiger partial charge >= 0.3 is 5.97 Å². The van der Waals surface area contributed by atoms with E-state index in [0.717, 1.165) is 4.90 Å². The van der Waals surface area contributed by atoms with Crippen molar-refractivity contribution < 1.29 is 24.0 Å². The van der Waals surface area contributed by atoms with Gasteiger partial charge in [-0.05, 0) is 12.1 Å². The van der Waals surface area contributed by atoms with Crippen molar-refractivity contribution in [2.24, 2.45) is 0 Å². The average molecular weight is 228 g/mol. The van der Waals surface area contributed by atoms with Crippen LogP contribution >= 0.6 is 0 Å². The van der Waals surface area contributed by atoms with Crippen LogP contribution in [0.5, 0.6) is 5.88 Å². The molecule has 0 aliphatic rings. The zero-order chi connectivity index (χ0) is 12.3. The maximum atomic E-state index is 11.7. The summed E-state index contributed by atoms with van der Waals surface area (Å²) in [6.07, 6.45) is 0. The molecule has 88 valence electrons. The van der Waals surface area contributed by atoms with Crippen molar-refractivity contribution in [2.45, 2.75) is 13.0 Å². The van der Waals surface area contributed by atoms with Crippen molar-refractivity contribution in [3.63, 3.8) is 0 Å². The fraction of sp³-hybridized carbons (Fsp3) is 0.444. The first-order chi connectivity index (χ1) is 7.47. The molecule has 1 rings (SSSR count). The number of ether oxygens (including phenoxy) is 1. The molecule has 1 amide bonds. The van der Waals surface area contributed by atoms with Gasteiger partial charge in [0.15, 0.2) is 0 Å². The van der Waals surface area contributed by atoms with Crippen molar-refractivity contribution in [3.05, 3.63) is 11.8 Å². The third kappa shape index (κ3) is 2.30. The van der Waals surface area contributed by atoms with Crippen LogP contribution in [0.1, 0.15) is 17.5 Å². The first-order valence-electron chi connectivity index (χ1n) is 4.48. The Hall–Kier alpha value is -2.05. The molecule has 0 spiro atoms. The molecule has 0 aromatic carbocycles. The summed E-state index contributed by atoms with van der Waals surface area (Å²) in [5, 5.41) is 12.2. The van der Waals surface area contributed by atoms with E-state index in [0.29, 0.717) is 0 Å². The number of aliphatic carboxylic acids is 1. The van der Waals surface area contributed by atoms with E-state index in [1.165, 1.54) is 27.1 Å². The molecule has 1 heterocycles. The molecule has 1 aromatic rings. The van der Waals surface area contributed by atoms with Crippen molar-refractivity contribution in [2.75, 3.05) is 14.2 Å².